The summed E-state index contributed by atoms with van der Waals surface area (Å²) >= 11 is 0. The van der Waals surface area contributed by atoms with Crippen molar-refractivity contribution >= 4 is 0 Å². The van der Waals surface area contributed by atoms with E-state index in [0.717, 1.165) is 24.4 Å². The van der Waals surface area contributed by atoms with Crippen LogP contribution in [-0.2, 0) is 10.3 Å². The van der Waals surface area contributed by atoms with Gasteiger partial charge in [0.15, 0.2) is 0 Å². The van der Waals surface area contributed by atoms with E-state index in [1.165, 1.54) is 0 Å². The number of nitriles is 1. The van der Waals surface area contributed by atoms with Crippen LogP contribution in [0.5, 0.6) is 5.75 Å². The molecule has 4 nitrogen and oxygen atoms in total. The van der Waals surface area contributed by atoms with Crippen molar-refractivity contribution in [3.05, 3.63) is 29.8 Å². The Bertz CT molecular complexity index is 463. The second-order valence-electron chi connectivity index (χ2n) is 4.74. The normalized spacial score (nSPS) is 19.4. The van der Waals surface area contributed by atoms with Crippen molar-refractivity contribution in [2.75, 3.05) is 32.9 Å². The fraction of sp³-hybridized carbons (Fsp3) is 0.533. The van der Waals surface area contributed by atoms with Crippen LogP contribution in [0, 0.1) is 11.3 Å². The topological polar surface area (TPSA) is 45.5 Å². The number of hydrogen-bond acceptors (Lipinski definition) is 4. The molecule has 1 unspecified atom stereocenters. The van der Waals surface area contributed by atoms with Gasteiger partial charge in [-0.2, -0.15) is 5.26 Å². The molecule has 1 saturated heterocycles. The number of rotatable bonds is 4. The van der Waals surface area contributed by atoms with Gasteiger partial charge in [0.05, 0.1) is 25.9 Å². The zero-order valence-corrected chi connectivity index (χ0v) is 11.6. The number of ether oxygens (including phenoxy) is 2. The monoisotopic (exact) mass is 260 g/mol. The molecular weight excluding hydrogens is 240 g/mol. The Labute approximate surface area is 114 Å². The molecule has 1 aliphatic heterocycles. The Hall–Kier alpha value is -1.57. The first kappa shape index (κ1) is 13.9. The highest BCUT2D eigenvalue weighted by atomic mass is 16.5. The molecule has 0 aromatic heterocycles. The van der Waals surface area contributed by atoms with Crippen molar-refractivity contribution in [2.24, 2.45) is 0 Å². The van der Waals surface area contributed by atoms with Crippen LogP contribution in [0.25, 0.3) is 0 Å². The minimum atomic E-state index is -0.628. The summed E-state index contributed by atoms with van der Waals surface area (Å²) in [6, 6.07) is 10.3. The molecule has 2 rings (SSSR count). The van der Waals surface area contributed by atoms with Crippen molar-refractivity contribution in [3.63, 3.8) is 0 Å². The van der Waals surface area contributed by atoms with E-state index in [0.29, 0.717) is 19.8 Å². The molecule has 0 N–H and O–H groups in total. The fourth-order valence-electron chi connectivity index (χ4n) is 2.38. The average Bonchev–Trinajstić information content (AvgIpc) is 2.48. The molecule has 1 aromatic rings. The third kappa shape index (κ3) is 2.89. The second kappa shape index (κ2) is 6.05. The molecular formula is C15H20N2O2. The van der Waals surface area contributed by atoms with Crippen LogP contribution < -0.4 is 4.74 Å². The van der Waals surface area contributed by atoms with E-state index in [2.05, 4.69) is 11.0 Å². The first-order valence-corrected chi connectivity index (χ1v) is 6.68. The minimum absolute atomic E-state index is 0.628. The van der Waals surface area contributed by atoms with Crippen molar-refractivity contribution in [3.8, 4) is 11.8 Å². The summed E-state index contributed by atoms with van der Waals surface area (Å²) in [5.41, 5.74) is 0.347. The zero-order valence-electron chi connectivity index (χ0n) is 11.6. The highest BCUT2D eigenvalue weighted by Gasteiger charge is 2.35. The molecule has 1 heterocycles. The molecule has 0 spiro atoms. The Balaban J connectivity index is 2.29. The maximum atomic E-state index is 9.64. The van der Waals surface area contributed by atoms with E-state index < -0.39 is 5.54 Å². The van der Waals surface area contributed by atoms with Crippen LogP contribution in [0.3, 0.4) is 0 Å². The lowest BCUT2D eigenvalue weighted by atomic mass is 9.91. The lowest BCUT2D eigenvalue weighted by Crippen LogP contribution is -2.48. The van der Waals surface area contributed by atoms with Gasteiger partial charge in [0.1, 0.15) is 11.3 Å². The summed E-state index contributed by atoms with van der Waals surface area (Å²) < 4.78 is 10.9. The third-order valence-corrected chi connectivity index (χ3v) is 3.57. The van der Waals surface area contributed by atoms with Gasteiger partial charge in [0, 0.05) is 13.1 Å². The number of hydrogen-bond donors (Lipinski definition) is 0. The van der Waals surface area contributed by atoms with Crippen molar-refractivity contribution < 1.29 is 9.47 Å². The lowest BCUT2D eigenvalue weighted by molar-refractivity contribution is 0.000389. The molecule has 1 atom stereocenters. The summed E-state index contributed by atoms with van der Waals surface area (Å²) in [4.78, 5) is 2.17. The van der Waals surface area contributed by atoms with Gasteiger partial charge in [-0.15, -0.1) is 0 Å². The smallest absolute Gasteiger partial charge is 0.132 e. The average molecular weight is 260 g/mol. The zero-order chi connectivity index (χ0) is 13.7. The van der Waals surface area contributed by atoms with Crippen LogP contribution in [0.1, 0.15) is 19.4 Å². The summed E-state index contributed by atoms with van der Waals surface area (Å²) in [6.07, 6.45) is 0. The summed E-state index contributed by atoms with van der Waals surface area (Å²) in [6.45, 7) is 7.47. The molecule has 4 heteroatoms. The maximum absolute atomic E-state index is 9.64. The van der Waals surface area contributed by atoms with Gasteiger partial charge >= 0.3 is 0 Å². The second-order valence-corrected chi connectivity index (χ2v) is 4.74. The number of nitrogens with zero attached hydrogens (tertiary/aromatic N) is 2. The maximum Gasteiger partial charge on any atom is 0.132 e. The van der Waals surface area contributed by atoms with E-state index in [1.54, 1.807) is 0 Å². The molecule has 0 aliphatic carbocycles. The van der Waals surface area contributed by atoms with Gasteiger partial charge in [0.2, 0.25) is 0 Å². The van der Waals surface area contributed by atoms with Crippen LogP contribution in [0.15, 0.2) is 24.3 Å². The Kier molecular flexibility index (Phi) is 4.41. The lowest BCUT2D eigenvalue weighted by Gasteiger charge is -2.38. The Morgan fingerprint density at radius 3 is 2.79 bits per heavy atom. The molecule has 0 radical (unpaired) electrons. The van der Waals surface area contributed by atoms with Gasteiger partial charge in [-0.3, -0.25) is 4.90 Å². The van der Waals surface area contributed by atoms with E-state index >= 15 is 0 Å². The van der Waals surface area contributed by atoms with Crippen molar-refractivity contribution in [2.45, 2.75) is 19.4 Å². The Morgan fingerprint density at radius 1 is 1.42 bits per heavy atom. The first-order valence-electron chi connectivity index (χ1n) is 6.68. The highest BCUT2D eigenvalue weighted by molar-refractivity contribution is 5.37. The van der Waals surface area contributed by atoms with E-state index in [-0.39, 0.29) is 0 Å². The molecule has 1 aromatic carbocycles. The molecule has 1 fully saturated rings. The van der Waals surface area contributed by atoms with Gasteiger partial charge in [-0.05, 0) is 31.5 Å². The predicted molar refractivity (Wildman–Crippen MR) is 73.0 cm³/mol. The van der Waals surface area contributed by atoms with Crippen LogP contribution in [0.2, 0.25) is 0 Å². The van der Waals surface area contributed by atoms with E-state index in [4.69, 9.17) is 9.47 Å². The summed E-state index contributed by atoms with van der Waals surface area (Å²) in [5.74, 6) is 0.815. The quantitative estimate of drug-likeness (QED) is 0.832. The molecule has 0 amide bonds. The van der Waals surface area contributed by atoms with Crippen LogP contribution in [0.4, 0.5) is 0 Å². The van der Waals surface area contributed by atoms with Gasteiger partial charge in [-0.1, -0.05) is 12.1 Å². The van der Waals surface area contributed by atoms with Crippen LogP contribution in [-0.4, -0.2) is 37.8 Å². The number of benzene rings is 1. The molecule has 0 bridgehead atoms. The van der Waals surface area contributed by atoms with Crippen molar-refractivity contribution in [1.82, 2.24) is 4.90 Å². The molecule has 19 heavy (non-hydrogen) atoms. The third-order valence-electron chi connectivity index (χ3n) is 3.57. The minimum Gasteiger partial charge on any atom is -0.494 e. The summed E-state index contributed by atoms with van der Waals surface area (Å²) in [5, 5.41) is 9.64. The SMILES string of the molecule is CCOc1cccc(C(C)(C#N)N2CCOCC2)c1. The fourth-order valence-corrected chi connectivity index (χ4v) is 2.38. The predicted octanol–water partition coefficient (Wildman–Crippen LogP) is 2.16. The van der Waals surface area contributed by atoms with Gasteiger partial charge < -0.3 is 9.47 Å². The number of morpholine rings is 1. The summed E-state index contributed by atoms with van der Waals surface area (Å²) in [7, 11) is 0. The van der Waals surface area contributed by atoms with Gasteiger partial charge in [-0.25, -0.2) is 0 Å². The molecule has 1 aliphatic rings. The van der Waals surface area contributed by atoms with Crippen LogP contribution >= 0.6 is 0 Å². The van der Waals surface area contributed by atoms with E-state index in [1.807, 2.05) is 38.1 Å². The van der Waals surface area contributed by atoms with Gasteiger partial charge in [0.25, 0.3) is 0 Å². The standard InChI is InChI=1S/C15H20N2O2/c1-3-19-14-6-4-5-13(11-14)15(2,12-16)17-7-9-18-10-8-17/h4-6,11H,3,7-10H2,1-2H3. The van der Waals surface area contributed by atoms with Crippen molar-refractivity contribution in [1.29, 1.82) is 5.26 Å². The molecule has 0 saturated carbocycles. The highest BCUT2D eigenvalue weighted by Crippen LogP contribution is 2.30. The van der Waals surface area contributed by atoms with E-state index in [9.17, 15) is 5.26 Å². The molecule has 102 valence electrons. The Morgan fingerprint density at radius 2 is 2.16 bits per heavy atom. The first-order chi connectivity index (χ1) is 9.20. The largest absolute Gasteiger partial charge is 0.494 e.